The molecule has 3 N–H and O–H groups in total. The minimum Gasteiger partial charge on any atom is -0.389 e. The molecular weight excluding hydrogens is 342 g/mol. The predicted molar refractivity (Wildman–Crippen MR) is 96.5 cm³/mol. The van der Waals surface area contributed by atoms with Crippen molar-refractivity contribution in [2.45, 2.75) is 38.5 Å². The lowest BCUT2D eigenvalue weighted by Gasteiger charge is -2.43. The molecule has 1 saturated heterocycles. The number of hydrogen-bond acceptors (Lipinski definition) is 5. The molecule has 3 rings (SSSR count). The van der Waals surface area contributed by atoms with Gasteiger partial charge >= 0.3 is 0 Å². The van der Waals surface area contributed by atoms with Crippen LogP contribution >= 0.6 is 12.4 Å². The summed E-state index contributed by atoms with van der Waals surface area (Å²) >= 11 is 0. The van der Waals surface area contributed by atoms with Crippen molar-refractivity contribution in [3.63, 3.8) is 0 Å². The van der Waals surface area contributed by atoms with Gasteiger partial charge in [-0.3, -0.25) is 4.79 Å². The molecule has 2 heterocycles. The van der Waals surface area contributed by atoms with Crippen molar-refractivity contribution in [2.75, 3.05) is 13.1 Å². The number of halogens is 1. The van der Waals surface area contributed by atoms with E-state index in [1.807, 2.05) is 37.3 Å². The Hall–Kier alpha value is -1.96. The highest BCUT2D eigenvalue weighted by molar-refractivity contribution is 5.85. The van der Waals surface area contributed by atoms with Gasteiger partial charge < -0.3 is 15.7 Å². The van der Waals surface area contributed by atoms with Gasteiger partial charge in [-0.1, -0.05) is 30.3 Å². The van der Waals surface area contributed by atoms with Crippen LogP contribution in [0.3, 0.4) is 0 Å². The summed E-state index contributed by atoms with van der Waals surface area (Å²) in [6, 6.07) is 9.65. The van der Waals surface area contributed by atoms with E-state index in [9.17, 15) is 9.90 Å². The van der Waals surface area contributed by atoms with Crippen LogP contribution < -0.4 is 10.6 Å². The fraction of sp³-hybridized carbons (Fsp3) is 0.471. The zero-order chi connectivity index (χ0) is 17.2. The minimum atomic E-state index is -0.785. The summed E-state index contributed by atoms with van der Waals surface area (Å²) < 4.78 is 1.58. The zero-order valence-corrected chi connectivity index (χ0v) is 15.2. The molecule has 1 aromatic heterocycles. The number of aliphatic hydroxyl groups excluding tert-OH is 1. The summed E-state index contributed by atoms with van der Waals surface area (Å²) in [6.07, 6.45) is -0.0737. The molecule has 0 unspecified atom stereocenters. The number of carbonyl (C=O) groups excluding carboxylic acids is 1. The second kappa shape index (κ2) is 7.95. The average Bonchev–Trinajstić information content (AvgIpc) is 2.88. The summed E-state index contributed by atoms with van der Waals surface area (Å²) in [4.78, 5) is 16.8. The number of amides is 1. The molecular formula is C17H24ClN5O2. The number of piperidine rings is 1. The first-order valence-corrected chi connectivity index (χ1v) is 8.14. The van der Waals surface area contributed by atoms with Crippen LogP contribution in [0.1, 0.15) is 23.6 Å². The Kier molecular flexibility index (Phi) is 6.16. The topological polar surface area (TPSA) is 92.1 Å². The summed E-state index contributed by atoms with van der Waals surface area (Å²) in [7, 11) is 0. The Morgan fingerprint density at radius 2 is 2.12 bits per heavy atom. The van der Waals surface area contributed by atoms with E-state index in [-0.39, 0.29) is 24.9 Å². The highest BCUT2D eigenvalue weighted by Gasteiger charge is 2.42. The molecule has 0 bridgehead atoms. The smallest absolute Gasteiger partial charge is 0.242 e. The van der Waals surface area contributed by atoms with Gasteiger partial charge in [-0.15, -0.1) is 12.4 Å². The van der Waals surface area contributed by atoms with Gasteiger partial charge in [-0.25, -0.2) is 9.67 Å². The number of benzene rings is 1. The van der Waals surface area contributed by atoms with E-state index in [4.69, 9.17) is 0 Å². The number of carbonyl (C=O) groups is 1. The second-order valence-electron chi connectivity index (χ2n) is 6.22. The summed E-state index contributed by atoms with van der Waals surface area (Å²) in [5, 5.41) is 21.1. The van der Waals surface area contributed by atoms with Gasteiger partial charge in [0.25, 0.3) is 0 Å². The molecule has 1 aliphatic rings. The van der Waals surface area contributed by atoms with Gasteiger partial charge in [0, 0.05) is 6.54 Å². The fourth-order valence-electron chi connectivity index (χ4n) is 3.29. The van der Waals surface area contributed by atoms with Crippen molar-refractivity contribution in [1.29, 1.82) is 0 Å². The standard InChI is InChI=1S/C17H23N5O2.ClH/c1-12-19-13(2)22(21-12)11-16(24)20-17(8-9-18-10-15(17)23)14-6-4-3-5-7-14;/h3-7,15,18,23H,8-11H2,1-2H3,(H,20,24);1H/t15-,17-;/m1./s1. The van der Waals surface area contributed by atoms with E-state index < -0.39 is 11.6 Å². The molecule has 0 radical (unpaired) electrons. The molecule has 1 amide bonds. The Balaban J connectivity index is 0.00000225. The maximum Gasteiger partial charge on any atom is 0.242 e. The molecule has 25 heavy (non-hydrogen) atoms. The number of aliphatic hydroxyl groups is 1. The molecule has 1 aromatic carbocycles. The zero-order valence-electron chi connectivity index (χ0n) is 14.4. The van der Waals surface area contributed by atoms with E-state index in [0.29, 0.717) is 24.6 Å². The van der Waals surface area contributed by atoms with Crippen molar-refractivity contribution in [1.82, 2.24) is 25.4 Å². The van der Waals surface area contributed by atoms with Crippen LogP contribution in [-0.4, -0.2) is 45.0 Å². The van der Waals surface area contributed by atoms with E-state index in [2.05, 4.69) is 20.7 Å². The van der Waals surface area contributed by atoms with Crippen LogP contribution in [0.5, 0.6) is 0 Å². The Morgan fingerprint density at radius 3 is 2.72 bits per heavy atom. The third kappa shape index (κ3) is 4.00. The lowest BCUT2D eigenvalue weighted by molar-refractivity contribution is -0.126. The lowest BCUT2D eigenvalue weighted by Crippen LogP contribution is -2.61. The van der Waals surface area contributed by atoms with Gasteiger partial charge in [0.1, 0.15) is 18.2 Å². The molecule has 136 valence electrons. The summed E-state index contributed by atoms with van der Waals surface area (Å²) in [5.41, 5.74) is 0.131. The third-order valence-corrected chi connectivity index (χ3v) is 4.51. The first kappa shape index (κ1) is 19.4. The van der Waals surface area contributed by atoms with Crippen LogP contribution in [0.4, 0.5) is 0 Å². The number of rotatable bonds is 4. The van der Waals surface area contributed by atoms with E-state index in [1.165, 1.54) is 0 Å². The SMILES string of the molecule is Cc1nc(C)n(CC(=O)N[C@@]2(c3ccccc3)CCNC[C@H]2O)n1.Cl. The number of nitrogens with zero attached hydrogens (tertiary/aromatic N) is 3. The van der Waals surface area contributed by atoms with Gasteiger partial charge in [0.05, 0.1) is 11.6 Å². The third-order valence-electron chi connectivity index (χ3n) is 4.51. The Morgan fingerprint density at radius 1 is 1.40 bits per heavy atom. The average molecular weight is 366 g/mol. The molecule has 7 nitrogen and oxygen atoms in total. The van der Waals surface area contributed by atoms with Crippen LogP contribution in [0.2, 0.25) is 0 Å². The Bertz CT molecular complexity index is 721. The van der Waals surface area contributed by atoms with Crippen molar-refractivity contribution in [3.05, 3.63) is 47.5 Å². The van der Waals surface area contributed by atoms with E-state index >= 15 is 0 Å². The number of nitrogens with one attached hydrogen (secondary N) is 2. The quantitative estimate of drug-likeness (QED) is 0.741. The first-order valence-electron chi connectivity index (χ1n) is 8.14. The van der Waals surface area contributed by atoms with Crippen LogP contribution in [0.25, 0.3) is 0 Å². The van der Waals surface area contributed by atoms with Crippen molar-refractivity contribution in [3.8, 4) is 0 Å². The van der Waals surface area contributed by atoms with Crippen molar-refractivity contribution in [2.24, 2.45) is 0 Å². The van der Waals surface area contributed by atoms with Gasteiger partial charge in [-0.2, -0.15) is 5.10 Å². The van der Waals surface area contributed by atoms with Crippen molar-refractivity contribution >= 4 is 18.3 Å². The normalized spacial score (nSPS) is 22.9. The highest BCUT2D eigenvalue weighted by atomic mass is 35.5. The largest absolute Gasteiger partial charge is 0.389 e. The molecule has 0 aliphatic carbocycles. The number of aryl methyl sites for hydroxylation is 2. The first-order chi connectivity index (χ1) is 11.5. The summed E-state index contributed by atoms with van der Waals surface area (Å²) in [6.45, 7) is 4.87. The predicted octanol–water partition coefficient (Wildman–Crippen LogP) is 0.683. The number of hydrogen-bond donors (Lipinski definition) is 3. The molecule has 2 atom stereocenters. The number of aromatic nitrogens is 3. The maximum absolute atomic E-state index is 12.6. The monoisotopic (exact) mass is 365 g/mol. The Labute approximate surface area is 153 Å². The second-order valence-corrected chi connectivity index (χ2v) is 6.22. The van der Waals surface area contributed by atoms with Gasteiger partial charge in [0.2, 0.25) is 5.91 Å². The summed E-state index contributed by atoms with van der Waals surface area (Å²) in [5.74, 6) is 1.15. The molecule has 0 spiro atoms. The number of β-amino-alcohol motifs (C(OH)–C–C–N with tert-alkyl or cyclic N) is 1. The molecule has 0 saturated carbocycles. The fourth-order valence-corrected chi connectivity index (χ4v) is 3.29. The van der Waals surface area contributed by atoms with Crippen molar-refractivity contribution < 1.29 is 9.90 Å². The minimum absolute atomic E-state index is 0. The van der Waals surface area contributed by atoms with E-state index in [1.54, 1.807) is 11.6 Å². The lowest BCUT2D eigenvalue weighted by atomic mass is 9.79. The van der Waals surface area contributed by atoms with E-state index in [0.717, 1.165) is 12.1 Å². The van der Waals surface area contributed by atoms with Gasteiger partial charge in [0.15, 0.2) is 0 Å². The molecule has 1 aliphatic heterocycles. The van der Waals surface area contributed by atoms with Gasteiger partial charge in [-0.05, 0) is 32.4 Å². The van der Waals surface area contributed by atoms with Crippen LogP contribution in [-0.2, 0) is 16.9 Å². The maximum atomic E-state index is 12.6. The van der Waals surface area contributed by atoms with Crippen LogP contribution in [0.15, 0.2) is 30.3 Å². The molecule has 1 fully saturated rings. The molecule has 8 heteroatoms. The highest BCUT2D eigenvalue weighted by Crippen LogP contribution is 2.31. The van der Waals surface area contributed by atoms with Crippen LogP contribution in [0, 0.1) is 13.8 Å². The molecule has 2 aromatic rings.